The van der Waals surface area contributed by atoms with Crippen molar-refractivity contribution in [3.63, 3.8) is 0 Å². The van der Waals surface area contributed by atoms with Crippen molar-refractivity contribution >= 4 is 33.3 Å². The number of aromatic nitrogens is 2. The Hall–Kier alpha value is -3.66. The molecule has 1 aromatic heterocycles. The lowest BCUT2D eigenvalue weighted by Crippen LogP contribution is -2.15. The SMILES string of the molecule is CS(=O)(=O)c1nccn1-c1ccc(NC(=O)[C@@H]2C[C@@H]2c2cccc(N)c2C=NO)cc1. The van der Waals surface area contributed by atoms with Crippen molar-refractivity contribution in [2.75, 3.05) is 17.3 Å². The van der Waals surface area contributed by atoms with Gasteiger partial charge in [-0.2, -0.15) is 0 Å². The summed E-state index contributed by atoms with van der Waals surface area (Å²) in [7, 11) is -3.47. The third kappa shape index (κ3) is 4.15. The highest BCUT2D eigenvalue weighted by molar-refractivity contribution is 7.90. The molecular weight excluding hydrogens is 418 g/mol. The van der Waals surface area contributed by atoms with E-state index in [4.69, 9.17) is 10.9 Å². The molecule has 4 N–H and O–H groups in total. The van der Waals surface area contributed by atoms with E-state index in [1.807, 2.05) is 12.1 Å². The van der Waals surface area contributed by atoms with E-state index >= 15 is 0 Å². The van der Waals surface area contributed by atoms with Gasteiger partial charge in [0, 0.05) is 47.2 Å². The number of amides is 1. The highest BCUT2D eigenvalue weighted by Crippen LogP contribution is 2.49. The zero-order valence-electron chi connectivity index (χ0n) is 16.6. The highest BCUT2D eigenvalue weighted by Gasteiger charge is 2.45. The van der Waals surface area contributed by atoms with Crippen LogP contribution in [0.4, 0.5) is 11.4 Å². The van der Waals surface area contributed by atoms with Crippen LogP contribution in [0.3, 0.4) is 0 Å². The number of nitrogens with one attached hydrogen (secondary N) is 1. The Balaban J connectivity index is 1.47. The quantitative estimate of drug-likeness (QED) is 0.233. The number of carbonyl (C=O) groups is 1. The fraction of sp³-hybridized carbons (Fsp3) is 0.190. The predicted molar refractivity (Wildman–Crippen MR) is 116 cm³/mol. The first-order valence-corrected chi connectivity index (χ1v) is 11.4. The van der Waals surface area contributed by atoms with Crippen LogP contribution in [-0.2, 0) is 14.6 Å². The molecule has 0 bridgehead atoms. The first-order valence-electron chi connectivity index (χ1n) is 9.50. The van der Waals surface area contributed by atoms with Crippen LogP contribution in [0.15, 0.2) is 65.2 Å². The lowest BCUT2D eigenvalue weighted by molar-refractivity contribution is -0.117. The molecule has 0 saturated heterocycles. The van der Waals surface area contributed by atoms with E-state index in [0.29, 0.717) is 29.0 Å². The van der Waals surface area contributed by atoms with Crippen LogP contribution in [0.25, 0.3) is 5.69 Å². The van der Waals surface area contributed by atoms with Gasteiger partial charge in [-0.25, -0.2) is 13.4 Å². The average molecular weight is 439 g/mol. The maximum atomic E-state index is 12.7. The molecule has 0 radical (unpaired) electrons. The minimum atomic E-state index is -3.47. The summed E-state index contributed by atoms with van der Waals surface area (Å²) in [6, 6.07) is 12.3. The molecule has 1 aliphatic rings. The Kier molecular flexibility index (Phi) is 5.24. The molecule has 1 aliphatic carbocycles. The van der Waals surface area contributed by atoms with Gasteiger partial charge in [0.25, 0.3) is 0 Å². The largest absolute Gasteiger partial charge is 0.411 e. The maximum absolute atomic E-state index is 12.7. The van der Waals surface area contributed by atoms with Crippen LogP contribution in [0.1, 0.15) is 23.5 Å². The van der Waals surface area contributed by atoms with Gasteiger partial charge in [-0.15, -0.1) is 0 Å². The van der Waals surface area contributed by atoms with Crippen LogP contribution < -0.4 is 11.1 Å². The third-order valence-corrected chi connectivity index (χ3v) is 6.20. The van der Waals surface area contributed by atoms with Crippen LogP contribution in [-0.4, -0.2) is 41.6 Å². The molecule has 0 aliphatic heterocycles. The molecule has 1 heterocycles. The van der Waals surface area contributed by atoms with E-state index in [9.17, 15) is 13.2 Å². The molecule has 160 valence electrons. The minimum Gasteiger partial charge on any atom is -0.411 e. The fourth-order valence-electron chi connectivity index (χ4n) is 3.66. The maximum Gasteiger partial charge on any atom is 0.231 e. The van der Waals surface area contributed by atoms with Gasteiger partial charge in [-0.1, -0.05) is 17.3 Å². The van der Waals surface area contributed by atoms with Gasteiger partial charge in [0.15, 0.2) is 0 Å². The minimum absolute atomic E-state index is 0.000888. The van der Waals surface area contributed by atoms with E-state index in [0.717, 1.165) is 11.8 Å². The van der Waals surface area contributed by atoms with E-state index in [1.54, 1.807) is 36.5 Å². The Bertz CT molecular complexity index is 1270. The molecule has 1 amide bonds. The summed E-state index contributed by atoms with van der Waals surface area (Å²) in [6.45, 7) is 0. The molecule has 0 unspecified atom stereocenters. The molecule has 1 saturated carbocycles. The second-order valence-corrected chi connectivity index (χ2v) is 9.34. The number of imidazole rings is 1. The number of sulfone groups is 1. The highest BCUT2D eigenvalue weighted by atomic mass is 32.2. The molecule has 9 nitrogen and oxygen atoms in total. The molecule has 2 atom stereocenters. The van der Waals surface area contributed by atoms with Gasteiger partial charge in [0.05, 0.1) is 6.21 Å². The molecular formula is C21H21N5O4S. The van der Waals surface area contributed by atoms with Crippen molar-refractivity contribution in [2.24, 2.45) is 11.1 Å². The summed E-state index contributed by atoms with van der Waals surface area (Å²) in [4.78, 5) is 16.6. The third-order valence-electron chi connectivity index (χ3n) is 5.24. The van der Waals surface area contributed by atoms with E-state index in [1.165, 1.54) is 17.0 Å². The molecule has 3 aromatic rings. The number of hydrogen-bond acceptors (Lipinski definition) is 7. The van der Waals surface area contributed by atoms with Crippen molar-refractivity contribution in [3.8, 4) is 5.69 Å². The van der Waals surface area contributed by atoms with Crippen molar-refractivity contribution in [1.82, 2.24) is 9.55 Å². The lowest BCUT2D eigenvalue weighted by Gasteiger charge is -2.10. The van der Waals surface area contributed by atoms with E-state index < -0.39 is 9.84 Å². The van der Waals surface area contributed by atoms with Crippen LogP contribution in [0.2, 0.25) is 0 Å². The smallest absolute Gasteiger partial charge is 0.231 e. The van der Waals surface area contributed by atoms with Gasteiger partial charge in [-0.05, 0) is 48.2 Å². The van der Waals surface area contributed by atoms with Crippen molar-refractivity contribution < 1.29 is 18.4 Å². The molecule has 1 fully saturated rings. The summed E-state index contributed by atoms with van der Waals surface area (Å²) in [5.74, 6) is -0.330. The number of rotatable bonds is 6. The summed E-state index contributed by atoms with van der Waals surface area (Å²) < 4.78 is 25.2. The Morgan fingerprint density at radius 3 is 2.71 bits per heavy atom. The van der Waals surface area contributed by atoms with Crippen LogP contribution in [0.5, 0.6) is 0 Å². The topological polar surface area (TPSA) is 140 Å². The normalized spacial score (nSPS) is 18.2. The molecule has 0 spiro atoms. The van der Waals surface area contributed by atoms with Crippen LogP contribution in [0, 0.1) is 5.92 Å². The summed E-state index contributed by atoms with van der Waals surface area (Å²) in [5.41, 5.74) is 9.17. The zero-order chi connectivity index (χ0) is 22.2. The second-order valence-electron chi connectivity index (χ2n) is 7.43. The summed E-state index contributed by atoms with van der Waals surface area (Å²) in [6.07, 6.45) is 6.05. The lowest BCUT2D eigenvalue weighted by atomic mass is 10.0. The number of hydrogen-bond donors (Lipinski definition) is 3. The molecule has 4 rings (SSSR count). The number of benzene rings is 2. The number of carbonyl (C=O) groups excluding carboxylic acids is 1. The number of nitrogens with zero attached hydrogens (tertiary/aromatic N) is 3. The number of nitrogen functional groups attached to an aromatic ring is 1. The molecule has 2 aromatic carbocycles. The van der Waals surface area contributed by atoms with Crippen LogP contribution >= 0.6 is 0 Å². The molecule has 10 heteroatoms. The van der Waals surface area contributed by atoms with Gasteiger partial charge in [-0.3, -0.25) is 9.36 Å². The van der Waals surface area contributed by atoms with Crippen molar-refractivity contribution in [3.05, 3.63) is 66.0 Å². The van der Waals surface area contributed by atoms with Gasteiger partial charge in [0.2, 0.25) is 20.9 Å². The average Bonchev–Trinajstić information content (AvgIpc) is 3.36. The standard InChI is InChI=1S/C21H21N5O4S/c1-31(29,30)21-23-9-10-26(21)14-7-5-13(6-8-14)25-20(27)17-11-16(17)15-3-2-4-19(22)18(15)12-24-28/h2-10,12,16-17,28H,11,22H2,1H3,(H,25,27)/t16-,17-/m1/s1. The summed E-state index contributed by atoms with van der Waals surface area (Å²) in [5, 5.41) is 14.8. The second kappa shape index (κ2) is 7.88. The summed E-state index contributed by atoms with van der Waals surface area (Å²) >= 11 is 0. The number of nitrogens with two attached hydrogens (primary N) is 1. The van der Waals surface area contributed by atoms with E-state index in [2.05, 4.69) is 15.5 Å². The van der Waals surface area contributed by atoms with E-state index in [-0.39, 0.29) is 22.9 Å². The fourth-order valence-corrected chi connectivity index (χ4v) is 4.44. The Labute approximate surface area is 179 Å². The van der Waals surface area contributed by atoms with Crippen molar-refractivity contribution in [1.29, 1.82) is 0 Å². The number of anilines is 2. The Morgan fingerprint density at radius 2 is 2.03 bits per heavy atom. The Morgan fingerprint density at radius 1 is 1.29 bits per heavy atom. The predicted octanol–water partition coefficient (Wildman–Crippen LogP) is 2.41. The number of oxime groups is 1. The van der Waals surface area contributed by atoms with Gasteiger partial charge in [0.1, 0.15) is 0 Å². The van der Waals surface area contributed by atoms with Gasteiger partial charge >= 0.3 is 0 Å². The van der Waals surface area contributed by atoms with Crippen molar-refractivity contribution in [2.45, 2.75) is 17.5 Å². The first-order chi connectivity index (χ1) is 14.8. The molecule has 31 heavy (non-hydrogen) atoms. The monoisotopic (exact) mass is 439 g/mol. The van der Waals surface area contributed by atoms with Gasteiger partial charge < -0.3 is 16.3 Å². The first kappa shape index (κ1) is 20.6. The zero-order valence-corrected chi connectivity index (χ0v) is 17.5.